The maximum Gasteiger partial charge on any atom is 0.339 e. The quantitative estimate of drug-likeness (QED) is 0.479. The van der Waals surface area contributed by atoms with Crippen LogP contribution in [0, 0.1) is 0 Å². The molecule has 0 saturated heterocycles. The van der Waals surface area contributed by atoms with Crippen molar-refractivity contribution in [2.45, 2.75) is 4.90 Å². The minimum absolute atomic E-state index is 0.120. The molecule has 0 saturated carbocycles. The highest BCUT2D eigenvalue weighted by Crippen LogP contribution is 2.29. The maximum absolute atomic E-state index is 12.8. The maximum atomic E-state index is 12.8. The smallest absolute Gasteiger partial charge is 0.339 e. The van der Waals surface area contributed by atoms with Crippen LogP contribution in [0.2, 0.25) is 0 Å². The Hall–Kier alpha value is -3.39. The van der Waals surface area contributed by atoms with Crippen molar-refractivity contribution in [2.24, 2.45) is 0 Å². The zero-order valence-corrected chi connectivity index (χ0v) is 15.9. The van der Waals surface area contributed by atoms with Crippen LogP contribution in [0.3, 0.4) is 0 Å². The van der Waals surface area contributed by atoms with Crippen molar-refractivity contribution in [3.05, 3.63) is 71.8 Å². The Bertz CT molecular complexity index is 1130. The third kappa shape index (κ3) is 3.81. The van der Waals surface area contributed by atoms with Gasteiger partial charge in [0.05, 0.1) is 25.3 Å². The van der Waals surface area contributed by atoms with E-state index < -0.39 is 22.1 Å². The van der Waals surface area contributed by atoms with Crippen LogP contribution in [-0.4, -0.2) is 34.6 Å². The fraction of sp³-hybridized carbons (Fsp3) is 0.100. The number of esters is 2. The van der Waals surface area contributed by atoms with Crippen LogP contribution >= 0.6 is 0 Å². The standard InChI is InChI=1S/C20H16O7S/c1-25-19(21)14-10-15(20(22)26-2)12-16(11-14)28(23,24)27-18-9-5-7-13-6-3-4-8-17(13)18/h3-12H,1-2H3. The van der Waals surface area contributed by atoms with E-state index in [-0.39, 0.29) is 21.8 Å². The molecule has 144 valence electrons. The second-order valence-corrected chi connectivity index (χ2v) is 7.29. The Morgan fingerprint density at radius 2 is 1.36 bits per heavy atom. The Kier molecular flexibility index (Phi) is 5.32. The van der Waals surface area contributed by atoms with Crippen molar-refractivity contribution in [3.63, 3.8) is 0 Å². The molecular weight excluding hydrogens is 384 g/mol. The summed E-state index contributed by atoms with van der Waals surface area (Å²) in [5.41, 5.74) is -0.240. The number of hydrogen-bond acceptors (Lipinski definition) is 7. The summed E-state index contributed by atoms with van der Waals surface area (Å²) in [6.07, 6.45) is 0. The summed E-state index contributed by atoms with van der Waals surface area (Å²) in [6.45, 7) is 0. The van der Waals surface area contributed by atoms with Gasteiger partial charge in [0.25, 0.3) is 0 Å². The Morgan fingerprint density at radius 3 is 1.96 bits per heavy atom. The second kappa shape index (κ2) is 7.69. The van der Waals surface area contributed by atoms with Crippen molar-refractivity contribution >= 4 is 32.8 Å². The molecule has 0 aromatic heterocycles. The third-order valence-corrected chi connectivity index (χ3v) is 5.20. The molecule has 0 unspecified atom stereocenters. The number of rotatable bonds is 5. The Morgan fingerprint density at radius 1 is 0.786 bits per heavy atom. The first-order chi connectivity index (χ1) is 13.4. The lowest BCUT2D eigenvalue weighted by Gasteiger charge is -2.11. The van der Waals surface area contributed by atoms with E-state index in [9.17, 15) is 18.0 Å². The van der Waals surface area contributed by atoms with Gasteiger partial charge in [-0.15, -0.1) is 0 Å². The predicted octanol–water partition coefficient (Wildman–Crippen LogP) is 3.18. The summed E-state index contributed by atoms with van der Waals surface area (Å²) >= 11 is 0. The summed E-state index contributed by atoms with van der Waals surface area (Å²) in [6, 6.07) is 15.5. The summed E-state index contributed by atoms with van der Waals surface area (Å²) in [5, 5.41) is 1.40. The van der Waals surface area contributed by atoms with Gasteiger partial charge in [0.2, 0.25) is 0 Å². The predicted molar refractivity (Wildman–Crippen MR) is 101 cm³/mol. The summed E-state index contributed by atoms with van der Waals surface area (Å²) in [5.74, 6) is -1.47. The molecule has 0 aliphatic rings. The van der Waals surface area contributed by atoms with Crippen molar-refractivity contribution in [3.8, 4) is 5.75 Å². The zero-order valence-electron chi connectivity index (χ0n) is 15.0. The fourth-order valence-electron chi connectivity index (χ4n) is 2.65. The average molecular weight is 400 g/mol. The molecule has 0 bridgehead atoms. The van der Waals surface area contributed by atoms with Gasteiger partial charge in [0, 0.05) is 5.39 Å². The topological polar surface area (TPSA) is 96.0 Å². The van der Waals surface area contributed by atoms with Gasteiger partial charge in [-0.05, 0) is 29.7 Å². The molecule has 0 amide bonds. The van der Waals surface area contributed by atoms with Crippen molar-refractivity contribution in [1.82, 2.24) is 0 Å². The lowest BCUT2D eigenvalue weighted by molar-refractivity contribution is 0.0598. The zero-order chi connectivity index (χ0) is 20.3. The van der Waals surface area contributed by atoms with E-state index in [1.165, 1.54) is 12.1 Å². The minimum atomic E-state index is -4.35. The monoisotopic (exact) mass is 400 g/mol. The first-order valence-corrected chi connectivity index (χ1v) is 9.50. The van der Waals surface area contributed by atoms with Gasteiger partial charge in [-0.1, -0.05) is 36.4 Å². The van der Waals surface area contributed by atoms with E-state index in [0.717, 1.165) is 31.7 Å². The van der Waals surface area contributed by atoms with E-state index in [0.29, 0.717) is 5.39 Å². The first kappa shape index (κ1) is 19.4. The molecule has 0 aliphatic heterocycles. The van der Waals surface area contributed by atoms with Crippen LogP contribution in [0.15, 0.2) is 65.6 Å². The van der Waals surface area contributed by atoms with E-state index >= 15 is 0 Å². The van der Waals surface area contributed by atoms with Crippen LogP contribution in [0.4, 0.5) is 0 Å². The van der Waals surface area contributed by atoms with Gasteiger partial charge in [-0.25, -0.2) is 9.59 Å². The fourth-order valence-corrected chi connectivity index (χ4v) is 3.67. The Balaban J connectivity index is 2.10. The van der Waals surface area contributed by atoms with Crippen LogP contribution in [-0.2, 0) is 19.6 Å². The highest BCUT2D eigenvalue weighted by molar-refractivity contribution is 7.87. The van der Waals surface area contributed by atoms with Gasteiger partial charge < -0.3 is 13.7 Å². The molecule has 7 nitrogen and oxygen atoms in total. The molecule has 28 heavy (non-hydrogen) atoms. The van der Waals surface area contributed by atoms with Crippen LogP contribution in [0.25, 0.3) is 10.8 Å². The number of hydrogen-bond donors (Lipinski definition) is 0. The van der Waals surface area contributed by atoms with Crippen LogP contribution in [0.5, 0.6) is 5.75 Å². The number of carbonyl (C=O) groups excluding carboxylic acids is 2. The summed E-state index contributed by atoms with van der Waals surface area (Å²) in [4.78, 5) is 23.4. The highest BCUT2D eigenvalue weighted by Gasteiger charge is 2.23. The van der Waals surface area contributed by atoms with Crippen molar-refractivity contribution in [2.75, 3.05) is 14.2 Å². The largest absolute Gasteiger partial charge is 0.465 e. The molecule has 0 radical (unpaired) electrons. The lowest BCUT2D eigenvalue weighted by atomic mass is 10.1. The molecular formula is C20H16O7S. The highest BCUT2D eigenvalue weighted by atomic mass is 32.2. The Labute approximate surface area is 161 Å². The van der Waals surface area contributed by atoms with Crippen LogP contribution in [0.1, 0.15) is 20.7 Å². The number of ether oxygens (including phenoxy) is 2. The molecule has 3 rings (SSSR count). The molecule has 0 atom stereocenters. The molecule has 8 heteroatoms. The first-order valence-electron chi connectivity index (χ1n) is 8.09. The van der Waals surface area contributed by atoms with E-state index in [2.05, 4.69) is 9.47 Å². The number of benzene rings is 3. The summed E-state index contributed by atoms with van der Waals surface area (Å²) < 4.78 is 40.2. The van der Waals surface area contributed by atoms with E-state index in [4.69, 9.17) is 4.18 Å². The summed E-state index contributed by atoms with van der Waals surface area (Å²) in [7, 11) is -2.06. The van der Waals surface area contributed by atoms with Gasteiger partial charge in [0.1, 0.15) is 4.90 Å². The minimum Gasteiger partial charge on any atom is -0.465 e. The molecule has 0 fully saturated rings. The van der Waals surface area contributed by atoms with Crippen LogP contribution < -0.4 is 4.18 Å². The van der Waals surface area contributed by atoms with E-state index in [1.807, 2.05) is 18.2 Å². The number of fused-ring (bicyclic) bond motifs is 1. The second-order valence-electron chi connectivity index (χ2n) is 5.74. The van der Waals surface area contributed by atoms with Gasteiger partial charge in [0.15, 0.2) is 5.75 Å². The average Bonchev–Trinajstić information content (AvgIpc) is 2.72. The molecule has 0 N–H and O–H groups in total. The normalized spacial score (nSPS) is 11.1. The van der Waals surface area contributed by atoms with Gasteiger partial charge in [-0.2, -0.15) is 8.42 Å². The third-order valence-electron chi connectivity index (χ3n) is 3.99. The number of methoxy groups -OCH3 is 2. The molecule has 0 spiro atoms. The van der Waals surface area contributed by atoms with Crippen molar-refractivity contribution < 1.29 is 31.7 Å². The molecule has 3 aromatic carbocycles. The number of carbonyl (C=O) groups is 2. The molecule has 3 aromatic rings. The van der Waals surface area contributed by atoms with Crippen molar-refractivity contribution in [1.29, 1.82) is 0 Å². The SMILES string of the molecule is COC(=O)c1cc(C(=O)OC)cc(S(=O)(=O)Oc2cccc3ccccc23)c1. The van der Waals surface area contributed by atoms with Gasteiger partial charge in [-0.3, -0.25) is 0 Å². The van der Waals surface area contributed by atoms with E-state index in [1.54, 1.807) is 18.2 Å². The molecule has 0 aliphatic carbocycles. The lowest BCUT2D eigenvalue weighted by Crippen LogP contribution is -2.14. The molecule has 0 heterocycles. The van der Waals surface area contributed by atoms with Gasteiger partial charge >= 0.3 is 22.1 Å².